The topological polar surface area (TPSA) is 59.2 Å². The van der Waals surface area contributed by atoms with Crippen molar-refractivity contribution in [2.24, 2.45) is 5.84 Å². The number of amides is 1. The number of rotatable bonds is 2. The van der Waals surface area contributed by atoms with Crippen LogP contribution in [0.1, 0.15) is 5.69 Å². The largest absolute Gasteiger partial charge is 0.284 e. The Kier molecular flexibility index (Phi) is 2.76. The van der Waals surface area contributed by atoms with Gasteiger partial charge in [-0.05, 0) is 12.1 Å². The molecule has 64 valence electrons. The smallest absolute Gasteiger partial charge is 0.242 e. The molecule has 0 saturated carbocycles. The van der Waals surface area contributed by atoms with Crippen molar-refractivity contribution in [1.29, 1.82) is 0 Å². The maximum Gasteiger partial charge on any atom is 0.242 e. The molecule has 0 aliphatic carbocycles. The molecule has 0 spiro atoms. The van der Waals surface area contributed by atoms with Crippen molar-refractivity contribution < 1.29 is 4.79 Å². The number of hydrazine groups is 1. The van der Waals surface area contributed by atoms with Crippen LogP contribution < -0.4 is 5.84 Å². The Morgan fingerprint density at radius 2 is 2.42 bits per heavy atom. The van der Waals surface area contributed by atoms with Crippen molar-refractivity contribution in [2.75, 3.05) is 7.05 Å². The molecule has 0 aliphatic rings. The van der Waals surface area contributed by atoms with Crippen molar-refractivity contribution in [3.63, 3.8) is 0 Å². The zero-order chi connectivity index (χ0) is 8.97. The normalized spacial score (nSPS) is 9.50. The van der Waals surface area contributed by atoms with E-state index in [9.17, 15) is 4.79 Å². The first kappa shape index (κ1) is 8.67. The highest BCUT2D eigenvalue weighted by Crippen LogP contribution is 1.95. The Hall–Kier alpha value is -1.42. The van der Waals surface area contributed by atoms with Crippen LogP contribution in [0.15, 0.2) is 24.4 Å². The Balaban J connectivity index is 2.59. The van der Waals surface area contributed by atoms with Gasteiger partial charge in [-0.2, -0.15) is 0 Å². The summed E-state index contributed by atoms with van der Waals surface area (Å²) < 4.78 is 0. The number of aromatic nitrogens is 1. The fourth-order valence-corrected chi connectivity index (χ4v) is 0.782. The quantitative estimate of drug-likeness (QED) is 0.380. The van der Waals surface area contributed by atoms with E-state index in [2.05, 4.69) is 4.98 Å². The Morgan fingerprint density at radius 1 is 1.67 bits per heavy atom. The Morgan fingerprint density at radius 3 is 2.92 bits per heavy atom. The molecule has 1 aromatic rings. The lowest BCUT2D eigenvalue weighted by Gasteiger charge is -2.08. The lowest BCUT2D eigenvalue weighted by Crippen LogP contribution is -2.34. The molecule has 0 atom stereocenters. The van der Waals surface area contributed by atoms with Crippen LogP contribution >= 0.6 is 0 Å². The van der Waals surface area contributed by atoms with Gasteiger partial charge in [-0.3, -0.25) is 14.8 Å². The van der Waals surface area contributed by atoms with Gasteiger partial charge in [0.1, 0.15) is 0 Å². The molecule has 4 nitrogen and oxygen atoms in total. The van der Waals surface area contributed by atoms with E-state index in [1.54, 1.807) is 18.3 Å². The summed E-state index contributed by atoms with van der Waals surface area (Å²) in [5.41, 5.74) is 0.736. The number of nitrogens with zero attached hydrogens (tertiary/aromatic N) is 2. The molecule has 1 amide bonds. The van der Waals surface area contributed by atoms with Crippen LogP contribution in [0.3, 0.4) is 0 Å². The van der Waals surface area contributed by atoms with E-state index in [0.717, 1.165) is 10.7 Å². The highest BCUT2D eigenvalue weighted by molar-refractivity contribution is 5.77. The molecule has 1 heterocycles. The summed E-state index contributed by atoms with van der Waals surface area (Å²) in [6, 6.07) is 5.44. The van der Waals surface area contributed by atoms with E-state index in [-0.39, 0.29) is 12.3 Å². The van der Waals surface area contributed by atoms with Crippen molar-refractivity contribution in [2.45, 2.75) is 6.42 Å². The van der Waals surface area contributed by atoms with E-state index in [1.807, 2.05) is 6.07 Å². The number of carbonyl (C=O) groups excluding carboxylic acids is 1. The Bertz CT molecular complexity index is 258. The van der Waals surface area contributed by atoms with Gasteiger partial charge in [0.05, 0.1) is 6.42 Å². The van der Waals surface area contributed by atoms with E-state index < -0.39 is 0 Å². The Labute approximate surface area is 71.0 Å². The zero-order valence-corrected chi connectivity index (χ0v) is 6.90. The molecule has 4 heteroatoms. The number of carbonyl (C=O) groups is 1. The number of hydrogen-bond acceptors (Lipinski definition) is 3. The van der Waals surface area contributed by atoms with E-state index in [0.29, 0.717) is 0 Å². The van der Waals surface area contributed by atoms with Gasteiger partial charge in [0, 0.05) is 18.9 Å². The molecule has 0 unspecified atom stereocenters. The van der Waals surface area contributed by atoms with Gasteiger partial charge in [-0.15, -0.1) is 0 Å². The average Bonchev–Trinajstić information content (AvgIpc) is 2.06. The summed E-state index contributed by atoms with van der Waals surface area (Å²) in [5, 5.41) is 1.06. The summed E-state index contributed by atoms with van der Waals surface area (Å²) in [4.78, 5) is 15.1. The molecule has 0 radical (unpaired) electrons. The van der Waals surface area contributed by atoms with Crippen LogP contribution in [0.25, 0.3) is 0 Å². The van der Waals surface area contributed by atoms with Gasteiger partial charge in [0.25, 0.3) is 0 Å². The molecule has 0 aromatic carbocycles. The second-order valence-electron chi connectivity index (χ2n) is 2.50. The molecule has 12 heavy (non-hydrogen) atoms. The van der Waals surface area contributed by atoms with Gasteiger partial charge < -0.3 is 0 Å². The minimum absolute atomic E-state index is 0.145. The van der Waals surface area contributed by atoms with Gasteiger partial charge >= 0.3 is 0 Å². The molecule has 0 aliphatic heterocycles. The first-order valence-corrected chi connectivity index (χ1v) is 3.61. The van der Waals surface area contributed by atoms with Crippen molar-refractivity contribution in [3.05, 3.63) is 30.1 Å². The van der Waals surface area contributed by atoms with Crippen molar-refractivity contribution >= 4 is 5.91 Å². The van der Waals surface area contributed by atoms with Crippen LogP contribution in [-0.2, 0) is 11.2 Å². The maximum atomic E-state index is 11.1. The minimum Gasteiger partial charge on any atom is -0.284 e. The number of pyridine rings is 1. The SMILES string of the molecule is CN(N)C(=O)Cc1ccccn1. The van der Waals surface area contributed by atoms with Gasteiger partial charge in [0.2, 0.25) is 5.91 Å². The van der Waals surface area contributed by atoms with E-state index in [4.69, 9.17) is 5.84 Å². The molecule has 0 saturated heterocycles. The molecular formula is C8H11N3O. The second-order valence-corrected chi connectivity index (χ2v) is 2.50. The van der Waals surface area contributed by atoms with Gasteiger partial charge in [0.15, 0.2) is 0 Å². The predicted octanol–water partition coefficient (Wildman–Crippen LogP) is -0.0438. The zero-order valence-electron chi connectivity index (χ0n) is 6.90. The van der Waals surface area contributed by atoms with Crippen molar-refractivity contribution in [3.8, 4) is 0 Å². The lowest BCUT2D eigenvalue weighted by atomic mass is 10.2. The molecule has 0 bridgehead atoms. The summed E-state index contributed by atoms with van der Waals surface area (Å²) in [6.07, 6.45) is 1.91. The van der Waals surface area contributed by atoms with Crippen LogP contribution in [0.5, 0.6) is 0 Å². The number of likely N-dealkylation sites (N-methyl/N-ethyl adjacent to an activating group) is 1. The van der Waals surface area contributed by atoms with Gasteiger partial charge in [-0.1, -0.05) is 6.07 Å². The standard InChI is InChI=1S/C8H11N3O/c1-11(9)8(12)6-7-4-2-3-5-10-7/h2-5H,6,9H2,1H3. The van der Waals surface area contributed by atoms with Crippen LogP contribution in [0.2, 0.25) is 0 Å². The van der Waals surface area contributed by atoms with Gasteiger partial charge in [-0.25, -0.2) is 5.84 Å². The van der Waals surface area contributed by atoms with Crippen LogP contribution in [0, 0.1) is 0 Å². The third-order valence-corrected chi connectivity index (χ3v) is 1.45. The highest BCUT2D eigenvalue weighted by atomic mass is 16.2. The van der Waals surface area contributed by atoms with E-state index >= 15 is 0 Å². The first-order valence-electron chi connectivity index (χ1n) is 3.61. The monoisotopic (exact) mass is 165 g/mol. The molecule has 1 rings (SSSR count). The summed E-state index contributed by atoms with van der Waals surface area (Å²) >= 11 is 0. The fraction of sp³-hybridized carbons (Fsp3) is 0.250. The number of hydrogen-bond donors (Lipinski definition) is 1. The highest BCUT2D eigenvalue weighted by Gasteiger charge is 2.05. The predicted molar refractivity (Wildman–Crippen MR) is 44.9 cm³/mol. The van der Waals surface area contributed by atoms with Crippen molar-refractivity contribution in [1.82, 2.24) is 9.99 Å². The maximum absolute atomic E-state index is 11.1. The summed E-state index contributed by atoms with van der Waals surface area (Å²) in [7, 11) is 1.52. The van der Waals surface area contributed by atoms with Crippen LogP contribution in [-0.4, -0.2) is 22.9 Å². The van der Waals surface area contributed by atoms with Crippen LogP contribution in [0.4, 0.5) is 0 Å². The third kappa shape index (κ3) is 2.32. The summed E-state index contributed by atoms with van der Waals surface area (Å²) in [6.45, 7) is 0. The molecule has 0 fully saturated rings. The first-order chi connectivity index (χ1) is 5.70. The number of nitrogens with two attached hydrogens (primary N) is 1. The summed E-state index contributed by atoms with van der Waals surface area (Å²) in [5.74, 6) is 5.10. The molecule has 2 N–H and O–H groups in total. The second kappa shape index (κ2) is 3.82. The third-order valence-electron chi connectivity index (χ3n) is 1.45. The average molecular weight is 165 g/mol. The minimum atomic E-state index is -0.145. The fourth-order valence-electron chi connectivity index (χ4n) is 0.782. The lowest BCUT2D eigenvalue weighted by molar-refractivity contribution is -0.129. The van der Waals surface area contributed by atoms with E-state index in [1.165, 1.54) is 7.05 Å². The molecule has 1 aromatic heterocycles. The molecular weight excluding hydrogens is 154 g/mol.